The summed E-state index contributed by atoms with van der Waals surface area (Å²) < 4.78 is 35.4. The Bertz CT molecular complexity index is 1440. The number of sulfonamides is 1. The lowest BCUT2D eigenvalue weighted by Gasteiger charge is -2.14. The zero-order chi connectivity index (χ0) is 25.0. The highest BCUT2D eigenvalue weighted by atomic mass is 32.2. The first-order chi connectivity index (χ1) is 16.8. The third-order valence-corrected chi connectivity index (χ3v) is 7.14. The minimum absolute atomic E-state index is 0.165. The number of hydrogen-bond donors (Lipinski definition) is 2. The van der Waals surface area contributed by atoms with Crippen molar-refractivity contribution in [3.8, 4) is 11.4 Å². The van der Waals surface area contributed by atoms with Crippen LogP contribution in [0, 0.1) is 13.8 Å². The van der Waals surface area contributed by atoms with Crippen LogP contribution in [0.2, 0.25) is 0 Å². The van der Waals surface area contributed by atoms with Gasteiger partial charge in [0.1, 0.15) is 5.75 Å². The molecule has 7 nitrogen and oxygen atoms in total. The minimum Gasteiger partial charge on any atom is -0.497 e. The predicted octanol–water partition coefficient (Wildman–Crippen LogP) is 4.83. The number of methoxy groups -OCH3 is 1. The van der Waals surface area contributed by atoms with Gasteiger partial charge in [-0.05, 0) is 67.9 Å². The fourth-order valence-electron chi connectivity index (χ4n) is 3.97. The van der Waals surface area contributed by atoms with E-state index in [0.29, 0.717) is 16.8 Å². The van der Waals surface area contributed by atoms with Gasteiger partial charge >= 0.3 is 0 Å². The van der Waals surface area contributed by atoms with Gasteiger partial charge in [-0.2, -0.15) is 0 Å². The number of rotatable bonds is 8. The first-order valence-electron chi connectivity index (χ1n) is 11.1. The van der Waals surface area contributed by atoms with Crippen LogP contribution < -0.4 is 14.8 Å². The number of carbonyl (C=O) groups is 1. The van der Waals surface area contributed by atoms with Gasteiger partial charge in [-0.3, -0.25) is 9.52 Å². The number of carbonyl (C=O) groups excluding carboxylic acids is 1. The van der Waals surface area contributed by atoms with Crippen molar-refractivity contribution < 1.29 is 17.9 Å². The Morgan fingerprint density at radius 2 is 1.57 bits per heavy atom. The van der Waals surface area contributed by atoms with Crippen molar-refractivity contribution >= 4 is 21.6 Å². The molecule has 35 heavy (non-hydrogen) atoms. The highest BCUT2D eigenvalue weighted by molar-refractivity contribution is 7.92. The first-order valence-corrected chi connectivity index (χ1v) is 12.6. The number of para-hydroxylation sites is 1. The summed E-state index contributed by atoms with van der Waals surface area (Å²) in [6.07, 6.45) is 0. The van der Waals surface area contributed by atoms with Crippen molar-refractivity contribution in [3.63, 3.8) is 0 Å². The summed E-state index contributed by atoms with van der Waals surface area (Å²) in [5.41, 5.74) is 4.29. The van der Waals surface area contributed by atoms with E-state index >= 15 is 0 Å². The predicted molar refractivity (Wildman–Crippen MR) is 137 cm³/mol. The molecule has 0 aliphatic carbocycles. The summed E-state index contributed by atoms with van der Waals surface area (Å²) in [6.45, 7) is 4.01. The smallest absolute Gasteiger partial charge is 0.261 e. The molecule has 4 aromatic rings. The summed E-state index contributed by atoms with van der Waals surface area (Å²) >= 11 is 0. The Kier molecular flexibility index (Phi) is 6.93. The van der Waals surface area contributed by atoms with E-state index in [1.165, 1.54) is 12.1 Å². The quantitative estimate of drug-likeness (QED) is 0.371. The number of benzene rings is 3. The van der Waals surface area contributed by atoms with Crippen LogP contribution in [0.3, 0.4) is 0 Å². The van der Waals surface area contributed by atoms with Crippen LogP contribution in [0.4, 0.5) is 5.69 Å². The standard InChI is InChI=1S/C27H27N3O4S/c1-19-17-25(20(2)30(19)22-13-15-23(34-3)16-14-22)27(31)28-18-21-9-7-8-12-26(21)29-35(32,33)24-10-5-4-6-11-24/h4-17,29H,18H2,1-3H3,(H,28,31). The average Bonchev–Trinajstić information content (AvgIpc) is 3.17. The third kappa shape index (κ3) is 5.22. The Balaban J connectivity index is 1.52. The van der Waals surface area contributed by atoms with Crippen LogP contribution in [0.15, 0.2) is 89.8 Å². The van der Waals surface area contributed by atoms with Gasteiger partial charge in [0.2, 0.25) is 0 Å². The van der Waals surface area contributed by atoms with E-state index in [0.717, 1.165) is 22.8 Å². The molecule has 8 heteroatoms. The second kappa shape index (κ2) is 10.1. The number of amides is 1. The van der Waals surface area contributed by atoms with E-state index in [9.17, 15) is 13.2 Å². The number of hydrogen-bond acceptors (Lipinski definition) is 4. The SMILES string of the molecule is COc1ccc(-n2c(C)cc(C(=O)NCc3ccccc3NS(=O)(=O)c3ccccc3)c2C)cc1. The molecule has 3 aromatic carbocycles. The van der Waals surface area contributed by atoms with E-state index in [2.05, 4.69) is 10.0 Å². The minimum atomic E-state index is -3.75. The highest BCUT2D eigenvalue weighted by Crippen LogP contribution is 2.24. The number of anilines is 1. The number of nitrogens with one attached hydrogen (secondary N) is 2. The second-order valence-corrected chi connectivity index (χ2v) is 9.76. The lowest BCUT2D eigenvalue weighted by atomic mass is 10.1. The molecule has 1 aromatic heterocycles. The van der Waals surface area contributed by atoms with E-state index in [1.807, 2.05) is 48.7 Å². The van der Waals surface area contributed by atoms with Crippen LogP contribution in [-0.4, -0.2) is 26.0 Å². The van der Waals surface area contributed by atoms with Crippen molar-refractivity contribution in [1.82, 2.24) is 9.88 Å². The summed E-state index contributed by atoms with van der Waals surface area (Å²) in [4.78, 5) is 13.2. The molecule has 4 rings (SSSR count). The van der Waals surface area contributed by atoms with Gasteiger partial charge in [-0.25, -0.2) is 8.42 Å². The number of ether oxygens (including phenoxy) is 1. The van der Waals surface area contributed by atoms with Crippen molar-refractivity contribution in [2.45, 2.75) is 25.3 Å². The van der Waals surface area contributed by atoms with Crippen LogP contribution in [0.1, 0.15) is 27.3 Å². The lowest BCUT2D eigenvalue weighted by molar-refractivity contribution is 0.0950. The molecule has 180 valence electrons. The van der Waals surface area contributed by atoms with Gasteiger partial charge in [-0.1, -0.05) is 36.4 Å². The van der Waals surface area contributed by atoms with Gasteiger partial charge < -0.3 is 14.6 Å². The van der Waals surface area contributed by atoms with Crippen LogP contribution in [0.25, 0.3) is 5.69 Å². The van der Waals surface area contributed by atoms with Gasteiger partial charge in [0.15, 0.2) is 0 Å². The first kappa shape index (κ1) is 24.1. The van der Waals surface area contributed by atoms with Gasteiger partial charge in [-0.15, -0.1) is 0 Å². The molecule has 0 atom stereocenters. The molecule has 2 N–H and O–H groups in total. The maximum atomic E-state index is 13.1. The molecule has 0 aliphatic heterocycles. The molecular weight excluding hydrogens is 462 g/mol. The molecule has 0 unspecified atom stereocenters. The molecule has 0 aliphatic rings. The molecule has 0 spiro atoms. The van der Waals surface area contributed by atoms with Crippen molar-refractivity contribution in [2.75, 3.05) is 11.8 Å². The topological polar surface area (TPSA) is 89.4 Å². The Morgan fingerprint density at radius 1 is 0.914 bits per heavy atom. The summed E-state index contributed by atoms with van der Waals surface area (Å²) in [6, 6.07) is 24.7. The zero-order valence-electron chi connectivity index (χ0n) is 19.8. The van der Waals surface area contributed by atoms with Gasteiger partial charge in [0, 0.05) is 23.6 Å². The second-order valence-electron chi connectivity index (χ2n) is 8.08. The number of aromatic nitrogens is 1. The Morgan fingerprint density at radius 3 is 2.26 bits per heavy atom. The van der Waals surface area contributed by atoms with Crippen LogP contribution in [0.5, 0.6) is 5.75 Å². The lowest BCUT2D eigenvalue weighted by Crippen LogP contribution is -2.24. The molecule has 1 heterocycles. The molecule has 0 saturated carbocycles. The molecule has 0 fully saturated rings. The van der Waals surface area contributed by atoms with Crippen LogP contribution in [-0.2, 0) is 16.6 Å². The number of aryl methyl sites for hydroxylation is 1. The normalized spacial score (nSPS) is 11.2. The van der Waals surface area contributed by atoms with Crippen LogP contribution >= 0.6 is 0 Å². The van der Waals surface area contributed by atoms with Crippen molar-refractivity contribution in [3.05, 3.63) is 107 Å². The third-order valence-electron chi connectivity index (χ3n) is 5.76. The van der Waals surface area contributed by atoms with E-state index in [-0.39, 0.29) is 17.3 Å². The maximum absolute atomic E-state index is 13.1. The molecule has 0 saturated heterocycles. The maximum Gasteiger partial charge on any atom is 0.261 e. The Hall–Kier alpha value is -4.04. The fourth-order valence-corrected chi connectivity index (χ4v) is 5.09. The summed E-state index contributed by atoms with van der Waals surface area (Å²) in [7, 11) is -2.13. The average molecular weight is 490 g/mol. The van der Waals surface area contributed by atoms with Crippen molar-refractivity contribution in [2.24, 2.45) is 0 Å². The largest absolute Gasteiger partial charge is 0.497 e. The fraction of sp³-hybridized carbons (Fsp3) is 0.148. The monoisotopic (exact) mass is 489 g/mol. The summed E-state index contributed by atoms with van der Waals surface area (Å²) in [5.74, 6) is 0.523. The Labute approximate surface area is 205 Å². The zero-order valence-corrected chi connectivity index (χ0v) is 20.6. The molecular formula is C27H27N3O4S. The molecule has 0 radical (unpaired) electrons. The van der Waals surface area contributed by atoms with Gasteiger partial charge in [0.05, 0.1) is 23.3 Å². The van der Waals surface area contributed by atoms with Gasteiger partial charge in [0.25, 0.3) is 15.9 Å². The van der Waals surface area contributed by atoms with E-state index < -0.39 is 10.0 Å². The van der Waals surface area contributed by atoms with Crippen molar-refractivity contribution in [1.29, 1.82) is 0 Å². The number of nitrogens with zero attached hydrogens (tertiary/aromatic N) is 1. The van der Waals surface area contributed by atoms with E-state index in [1.54, 1.807) is 49.6 Å². The molecule has 1 amide bonds. The van der Waals surface area contributed by atoms with E-state index in [4.69, 9.17) is 4.74 Å². The highest BCUT2D eigenvalue weighted by Gasteiger charge is 2.18. The summed E-state index contributed by atoms with van der Waals surface area (Å²) in [5, 5.41) is 2.93. The molecule has 0 bridgehead atoms.